The molecule has 0 aromatic rings. The molecule has 5 heteroatoms. The molecular formula is C16H27NO4. The SMILES string of the molecule is COC(=O)C[C@@H](C)CC(=O)N1CCOC2(CCCCC2)C1. The van der Waals surface area contributed by atoms with E-state index in [0.29, 0.717) is 26.0 Å². The normalized spacial score (nSPS) is 22.9. The first-order valence-corrected chi connectivity index (χ1v) is 8.03. The summed E-state index contributed by atoms with van der Waals surface area (Å²) < 4.78 is 10.7. The Kier molecular flexibility index (Phi) is 5.62. The van der Waals surface area contributed by atoms with Crippen LogP contribution in [-0.2, 0) is 19.1 Å². The maximum absolute atomic E-state index is 12.4. The predicted octanol–water partition coefficient (Wildman–Crippen LogP) is 2.14. The molecule has 21 heavy (non-hydrogen) atoms. The first-order chi connectivity index (χ1) is 10.0. The number of carbonyl (C=O) groups is 2. The second kappa shape index (κ2) is 7.25. The fourth-order valence-electron chi connectivity index (χ4n) is 3.42. The molecule has 0 bridgehead atoms. The minimum atomic E-state index is -0.249. The summed E-state index contributed by atoms with van der Waals surface area (Å²) in [5.41, 5.74) is -0.0995. The van der Waals surface area contributed by atoms with Crippen LogP contribution in [0.3, 0.4) is 0 Å². The lowest BCUT2D eigenvalue weighted by molar-refractivity contribution is -0.157. The monoisotopic (exact) mass is 297 g/mol. The number of hydrogen-bond donors (Lipinski definition) is 0. The van der Waals surface area contributed by atoms with Gasteiger partial charge in [-0.1, -0.05) is 26.2 Å². The van der Waals surface area contributed by atoms with Gasteiger partial charge in [0, 0.05) is 25.9 Å². The lowest BCUT2D eigenvalue weighted by Gasteiger charge is -2.45. The average Bonchev–Trinajstić information content (AvgIpc) is 2.47. The van der Waals surface area contributed by atoms with Gasteiger partial charge in [-0.05, 0) is 18.8 Å². The number of ether oxygens (including phenoxy) is 2. The van der Waals surface area contributed by atoms with Crippen molar-refractivity contribution in [2.75, 3.05) is 26.8 Å². The maximum Gasteiger partial charge on any atom is 0.305 e. The van der Waals surface area contributed by atoms with Gasteiger partial charge in [-0.2, -0.15) is 0 Å². The first kappa shape index (κ1) is 16.3. The van der Waals surface area contributed by atoms with Crippen LogP contribution in [0.25, 0.3) is 0 Å². The summed E-state index contributed by atoms with van der Waals surface area (Å²) in [6, 6.07) is 0. The topological polar surface area (TPSA) is 55.8 Å². The molecule has 1 heterocycles. The zero-order valence-corrected chi connectivity index (χ0v) is 13.2. The van der Waals surface area contributed by atoms with Crippen LogP contribution in [0, 0.1) is 5.92 Å². The van der Waals surface area contributed by atoms with E-state index >= 15 is 0 Å². The van der Waals surface area contributed by atoms with Crippen LogP contribution >= 0.6 is 0 Å². The highest BCUT2D eigenvalue weighted by Crippen LogP contribution is 2.34. The fourth-order valence-corrected chi connectivity index (χ4v) is 3.42. The molecule has 1 saturated heterocycles. The standard InChI is InChI=1S/C16H27NO4/c1-13(11-15(19)20-2)10-14(18)17-8-9-21-16(12-17)6-4-3-5-7-16/h13H,3-12H2,1-2H3/t13-/m0/s1. The highest BCUT2D eigenvalue weighted by Gasteiger charge is 2.39. The van der Waals surface area contributed by atoms with Gasteiger partial charge in [0.05, 0.1) is 19.3 Å². The Bertz CT molecular complexity index is 371. The molecule has 0 unspecified atom stereocenters. The zero-order valence-electron chi connectivity index (χ0n) is 13.2. The van der Waals surface area contributed by atoms with E-state index < -0.39 is 0 Å². The van der Waals surface area contributed by atoms with E-state index in [0.717, 1.165) is 19.4 Å². The second-order valence-corrected chi connectivity index (χ2v) is 6.50. The second-order valence-electron chi connectivity index (χ2n) is 6.50. The molecule has 120 valence electrons. The Morgan fingerprint density at radius 2 is 1.95 bits per heavy atom. The van der Waals surface area contributed by atoms with E-state index in [1.54, 1.807) is 0 Å². The summed E-state index contributed by atoms with van der Waals surface area (Å²) in [5, 5.41) is 0. The predicted molar refractivity (Wildman–Crippen MR) is 78.8 cm³/mol. The minimum absolute atomic E-state index is 0.0232. The summed E-state index contributed by atoms with van der Waals surface area (Å²) in [5.74, 6) is -0.0872. The first-order valence-electron chi connectivity index (χ1n) is 8.03. The summed E-state index contributed by atoms with van der Waals surface area (Å²) in [6.07, 6.45) is 6.50. The van der Waals surface area contributed by atoms with Crippen LogP contribution in [0.1, 0.15) is 51.9 Å². The lowest BCUT2D eigenvalue weighted by Crippen LogP contribution is -2.54. The highest BCUT2D eigenvalue weighted by molar-refractivity contribution is 5.77. The Morgan fingerprint density at radius 1 is 1.24 bits per heavy atom. The molecule has 1 spiro atoms. The van der Waals surface area contributed by atoms with Crippen molar-refractivity contribution in [1.29, 1.82) is 0 Å². The van der Waals surface area contributed by atoms with Gasteiger partial charge >= 0.3 is 5.97 Å². The number of amides is 1. The van der Waals surface area contributed by atoms with Crippen molar-refractivity contribution >= 4 is 11.9 Å². The Hall–Kier alpha value is -1.10. The molecule has 2 aliphatic rings. The number of methoxy groups -OCH3 is 1. The largest absolute Gasteiger partial charge is 0.469 e. The van der Waals surface area contributed by atoms with Gasteiger partial charge in [0.15, 0.2) is 0 Å². The van der Waals surface area contributed by atoms with Crippen molar-refractivity contribution in [2.24, 2.45) is 5.92 Å². The number of nitrogens with zero attached hydrogens (tertiary/aromatic N) is 1. The van der Waals surface area contributed by atoms with Gasteiger partial charge in [0.1, 0.15) is 0 Å². The smallest absolute Gasteiger partial charge is 0.305 e. The van der Waals surface area contributed by atoms with Crippen LogP contribution in [0.4, 0.5) is 0 Å². The molecule has 5 nitrogen and oxygen atoms in total. The van der Waals surface area contributed by atoms with Crippen molar-refractivity contribution in [1.82, 2.24) is 4.90 Å². The van der Waals surface area contributed by atoms with Crippen molar-refractivity contribution < 1.29 is 19.1 Å². The van der Waals surface area contributed by atoms with Crippen molar-refractivity contribution in [2.45, 2.75) is 57.5 Å². The summed E-state index contributed by atoms with van der Waals surface area (Å²) >= 11 is 0. The van der Waals surface area contributed by atoms with E-state index in [1.165, 1.54) is 26.4 Å². The Balaban J connectivity index is 1.85. The van der Waals surface area contributed by atoms with Gasteiger partial charge in [0.25, 0.3) is 0 Å². The molecule has 1 saturated carbocycles. The highest BCUT2D eigenvalue weighted by atomic mass is 16.5. The minimum Gasteiger partial charge on any atom is -0.469 e. The number of carbonyl (C=O) groups excluding carboxylic acids is 2. The molecule has 1 aliphatic heterocycles. The number of esters is 1. The van der Waals surface area contributed by atoms with Crippen LogP contribution in [0.5, 0.6) is 0 Å². The molecule has 0 aromatic carbocycles. The summed E-state index contributed by atoms with van der Waals surface area (Å²) in [7, 11) is 1.38. The van der Waals surface area contributed by atoms with Crippen molar-refractivity contribution in [3.05, 3.63) is 0 Å². The van der Waals surface area contributed by atoms with Gasteiger partial charge in [-0.15, -0.1) is 0 Å². The molecule has 1 amide bonds. The van der Waals surface area contributed by atoms with Crippen LogP contribution < -0.4 is 0 Å². The third-order valence-corrected chi connectivity index (χ3v) is 4.63. The van der Waals surface area contributed by atoms with E-state index in [2.05, 4.69) is 4.74 Å². The Labute approximate surface area is 127 Å². The van der Waals surface area contributed by atoms with Crippen molar-refractivity contribution in [3.63, 3.8) is 0 Å². The molecule has 0 radical (unpaired) electrons. The lowest BCUT2D eigenvalue weighted by atomic mass is 9.83. The fraction of sp³-hybridized carbons (Fsp3) is 0.875. The Morgan fingerprint density at radius 3 is 2.62 bits per heavy atom. The molecule has 2 fully saturated rings. The molecule has 0 N–H and O–H groups in total. The van der Waals surface area contributed by atoms with Gasteiger partial charge in [0.2, 0.25) is 5.91 Å². The molecular weight excluding hydrogens is 270 g/mol. The van der Waals surface area contributed by atoms with Crippen LogP contribution in [0.2, 0.25) is 0 Å². The van der Waals surface area contributed by atoms with Gasteiger partial charge in [-0.3, -0.25) is 9.59 Å². The zero-order chi connectivity index (χ0) is 15.3. The third kappa shape index (κ3) is 4.43. The molecule has 1 atom stereocenters. The van der Waals surface area contributed by atoms with E-state index in [9.17, 15) is 9.59 Å². The molecule has 1 aliphatic carbocycles. The van der Waals surface area contributed by atoms with E-state index in [4.69, 9.17) is 4.74 Å². The quantitative estimate of drug-likeness (QED) is 0.746. The van der Waals surface area contributed by atoms with Gasteiger partial charge < -0.3 is 14.4 Å². The van der Waals surface area contributed by atoms with E-state index in [1.807, 2.05) is 11.8 Å². The molecule has 0 aromatic heterocycles. The summed E-state index contributed by atoms with van der Waals surface area (Å²) in [6.45, 7) is 3.95. The van der Waals surface area contributed by atoms with Crippen molar-refractivity contribution in [3.8, 4) is 0 Å². The molecule has 2 rings (SSSR count). The van der Waals surface area contributed by atoms with Crippen LogP contribution in [0.15, 0.2) is 0 Å². The third-order valence-electron chi connectivity index (χ3n) is 4.63. The number of morpholine rings is 1. The number of rotatable bonds is 4. The average molecular weight is 297 g/mol. The van der Waals surface area contributed by atoms with Crippen LogP contribution in [-0.4, -0.2) is 49.2 Å². The maximum atomic E-state index is 12.4. The summed E-state index contributed by atoms with van der Waals surface area (Å²) in [4.78, 5) is 25.6. The number of hydrogen-bond acceptors (Lipinski definition) is 4. The van der Waals surface area contributed by atoms with Gasteiger partial charge in [-0.25, -0.2) is 0 Å². The van der Waals surface area contributed by atoms with E-state index in [-0.39, 0.29) is 23.4 Å².